The lowest BCUT2D eigenvalue weighted by Gasteiger charge is -2.11. The van der Waals surface area contributed by atoms with Crippen molar-refractivity contribution < 1.29 is 22.7 Å². The SMILES string of the molecule is Cc1cccc(-n2ncc3c(=O)n(CC(=O)Nc4ccc(OC(F)(F)F)cc4)cnc32)c1C. The van der Waals surface area contributed by atoms with Gasteiger partial charge in [0.1, 0.15) is 24.0 Å². The van der Waals surface area contributed by atoms with Gasteiger partial charge in [-0.1, -0.05) is 12.1 Å². The van der Waals surface area contributed by atoms with E-state index in [0.29, 0.717) is 5.65 Å². The molecule has 8 nitrogen and oxygen atoms in total. The van der Waals surface area contributed by atoms with Crippen molar-refractivity contribution in [1.29, 1.82) is 0 Å². The van der Waals surface area contributed by atoms with Gasteiger partial charge < -0.3 is 10.1 Å². The van der Waals surface area contributed by atoms with E-state index >= 15 is 0 Å². The summed E-state index contributed by atoms with van der Waals surface area (Å²) in [6, 6.07) is 10.4. The van der Waals surface area contributed by atoms with E-state index in [0.717, 1.165) is 33.5 Å². The summed E-state index contributed by atoms with van der Waals surface area (Å²) in [6.07, 6.45) is -2.14. The molecule has 4 rings (SSSR count). The number of carbonyl (C=O) groups excluding carboxylic acids is 1. The molecular weight excluding hydrogens is 439 g/mol. The second-order valence-corrected chi connectivity index (χ2v) is 7.31. The largest absolute Gasteiger partial charge is 0.573 e. The predicted octanol–water partition coefficient (Wildman–Crippen LogP) is 3.74. The molecule has 0 radical (unpaired) electrons. The first-order chi connectivity index (χ1) is 15.6. The van der Waals surface area contributed by atoms with E-state index < -0.39 is 23.6 Å². The third kappa shape index (κ3) is 4.71. The minimum Gasteiger partial charge on any atom is -0.406 e. The van der Waals surface area contributed by atoms with E-state index in [1.54, 1.807) is 4.68 Å². The quantitative estimate of drug-likeness (QED) is 0.493. The normalized spacial score (nSPS) is 11.5. The number of amides is 1. The van der Waals surface area contributed by atoms with Gasteiger partial charge in [0.15, 0.2) is 5.65 Å². The van der Waals surface area contributed by atoms with Crippen molar-refractivity contribution in [1.82, 2.24) is 19.3 Å². The molecule has 33 heavy (non-hydrogen) atoms. The summed E-state index contributed by atoms with van der Waals surface area (Å²) >= 11 is 0. The first kappa shape index (κ1) is 22.1. The Hall–Kier alpha value is -4.15. The highest BCUT2D eigenvalue weighted by Crippen LogP contribution is 2.24. The van der Waals surface area contributed by atoms with E-state index in [2.05, 4.69) is 20.1 Å². The van der Waals surface area contributed by atoms with E-state index in [4.69, 9.17) is 0 Å². The molecule has 0 atom stereocenters. The number of aromatic nitrogens is 4. The van der Waals surface area contributed by atoms with Crippen LogP contribution >= 0.6 is 0 Å². The van der Waals surface area contributed by atoms with Gasteiger partial charge in [-0.25, -0.2) is 9.67 Å². The average Bonchev–Trinajstić information content (AvgIpc) is 3.17. The molecule has 0 spiro atoms. The van der Waals surface area contributed by atoms with E-state index in [-0.39, 0.29) is 17.6 Å². The third-order valence-electron chi connectivity index (χ3n) is 5.04. The van der Waals surface area contributed by atoms with Gasteiger partial charge in [0.05, 0.1) is 11.9 Å². The number of hydrogen-bond donors (Lipinski definition) is 1. The molecule has 0 unspecified atom stereocenters. The number of nitrogens with zero attached hydrogens (tertiary/aromatic N) is 4. The van der Waals surface area contributed by atoms with Crippen molar-refractivity contribution in [2.45, 2.75) is 26.8 Å². The standard InChI is InChI=1S/C22H18F3N5O3/c1-13-4-3-5-18(14(13)2)30-20-17(10-27-30)21(32)29(12-26-20)11-19(31)28-15-6-8-16(9-7-15)33-22(23,24)25/h3-10,12H,11H2,1-2H3,(H,28,31). The van der Waals surface area contributed by atoms with Crippen molar-refractivity contribution in [2.75, 3.05) is 5.32 Å². The highest BCUT2D eigenvalue weighted by Gasteiger charge is 2.31. The molecule has 2 aromatic carbocycles. The van der Waals surface area contributed by atoms with Crippen molar-refractivity contribution in [3.63, 3.8) is 0 Å². The van der Waals surface area contributed by atoms with E-state index in [1.807, 2.05) is 32.0 Å². The van der Waals surface area contributed by atoms with Gasteiger partial charge in [-0.05, 0) is 55.3 Å². The first-order valence-corrected chi connectivity index (χ1v) is 9.78. The minimum absolute atomic E-state index is 0.249. The Morgan fingerprint density at radius 1 is 1.12 bits per heavy atom. The lowest BCUT2D eigenvalue weighted by atomic mass is 10.1. The number of benzene rings is 2. The van der Waals surface area contributed by atoms with Crippen LogP contribution in [0.1, 0.15) is 11.1 Å². The molecule has 1 N–H and O–H groups in total. The predicted molar refractivity (Wildman–Crippen MR) is 114 cm³/mol. The zero-order chi connectivity index (χ0) is 23.8. The molecule has 11 heteroatoms. The number of ether oxygens (including phenoxy) is 1. The van der Waals surface area contributed by atoms with E-state index in [1.165, 1.54) is 24.7 Å². The van der Waals surface area contributed by atoms with Crippen LogP contribution in [-0.2, 0) is 11.3 Å². The maximum atomic E-state index is 12.9. The van der Waals surface area contributed by atoms with Crippen molar-refractivity contribution in [2.24, 2.45) is 0 Å². The van der Waals surface area contributed by atoms with Crippen LogP contribution in [0.5, 0.6) is 5.75 Å². The molecule has 0 bridgehead atoms. The number of nitrogens with one attached hydrogen (secondary N) is 1. The monoisotopic (exact) mass is 457 g/mol. The Labute approximate surface area is 185 Å². The lowest BCUT2D eigenvalue weighted by Crippen LogP contribution is -2.27. The molecule has 4 aromatic rings. The maximum absolute atomic E-state index is 12.9. The number of carbonyl (C=O) groups is 1. The molecule has 2 heterocycles. The molecule has 0 fully saturated rings. The van der Waals surface area contributed by atoms with Crippen LogP contribution < -0.4 is 15.6 Å². The van der Waals surface area contributed by atoms with Gasteiger partial charge in [0.25, 0.3) is 5.56 Å². The number of alkyl halides is 3. The maximum Gasteiger partial charge on any atom is 0.573 e. The third-order valence-corrected chi connectivity index (χ3v) is 5.04. The van der Waals surface area contributed by atoms with Gasteiger partial charge >= 0.3 is 6.36 Å². The Morgan fingerprint density at radius 3 is 2.55 bits per heavy atom. The Morgan fingerprint density at radius 2 is 1.85 bits per heavy atom. The number of halogens is 3. The highest BCUT2D eigenvalue weighted by molar-refractivity contribution is 5.90. The summed E-state index contributed by atoms with van der Waals surface area (Å²) in [5.74, 6) is -0.961. The zero-order valence-electron chi connectivity index (χ0n) is 17.6. The minimum atomic E-state index is -4.80. The molecule has 0 saturated carbocycles. The van der Waals surface area contributed by atoms with Crippen LogP contribution in [0.4, 0.5) is 18.9 Å². The van der Waals surface area contributed by atoms with Crippen LogP contribution in [0, 0.1) is 13.8 Å². The fraction of sp³-hybridized carbons (Fsp3) is 0.182. The molecule has 0 saturated heterocycles. The Balaban J connectivity index is 1.52. The summed E-state index contributed by atoms with van der Waals surface area (Å²) in [5, 5.41) is 7.06. The van der Waals surface area contributed by atoms with Crippen molar-refractivity contribution in [3.8, 4) is 11.4 Å². The fourth-order valence-corrected chi connectivity index (χ4v) is 3.30. The fourth-order valence-electron chi connectivity index (χ4n) is 3.30. The molecule has 170 valence electrons. The number of hydrogen-bond acceptors (Lipinski definition) is 5. The second-order valence-electron chi connectivity index (χ2n) is 7.31. The second kappa shape index (κ2) is 8.41. The van der Waals surface area contributed by atoms with Gasteiger partial charge in [-0.2, -0.15) is 5.10 Å². The van der Waals surface area contributed by atoms with Crippen molar-refractivity contribution >= 4 is 22.6 Å². The molecule has 0 aliphatic carbocycles. The summed E-state index contributed by atoms with van der Waals surface area (Å²) in [7, 11) is 0. The molecular formula is C22H18F3N5O3. The number of aryl methyl sites for hydroxylation is 1. The van der Waals surface area contributed by atoms with Crippen LogP contribution in [0.2, 0.25) is 0 Å². The van der Waals surface area contributed by atoms with Crippen LogP contribution in [0.15, 0.2) is 59.8 Å². The Bertz CT molecular complexity index is 1390. The lowest BCUT2D eigenvalue weighted by molar-refractivity contribution is -0.274. The summed E-state index contributed by atoms with van der Waals surface area (Å²) in [6.45, 7) is 3.59. The van der Waals surface area contributed by atoms with Crippen LogP contribution in [0.3, 0.4) is 0 Å². The van der Waals surface area contributed by atoms with Crippen LogP contribution in [0.25, 0.3) is 16.7 Å². The van der Waals surface area contributed by atoms with Gasteiger partial charge in [-0.3, -0.25) is 14.2 Å². The topological polar surface area (TPSA) is 91.0 Å². The number of rotatable bonds is 5. The smallest absolute Gasteiger partial charge is 0.406 e. The summed E-state index contributed by atoms with van der Waals surface area (Å²) in [4.78, 5) is 29.5. The summed E-state index contributed by atoms with van der Waals surface area (Å²) < 4.78 is 43.2. The highest BCUT2D eigenvalue weighted by atomic mass is 19.4. The summed E-state index contributed by atoms with van der Waals surface area (Å²) in [5.41, 5.74) is 3.04. The first-order valence-electron chi connectivity index (χ1n) is 9.78. The zero-order valence-corrected chi connectivity index (χ0v) is 17.6. The van der Waals surface area contributed by atoms with Crippen LogP contribution in [-0.4, -0.2) is 31.6 Å². The average molecular weight is 457 g/mol. The molecule has 0 aliphatic heterocycles. The Kier molecular flexibility index (Phi) is 5.62. The van der Waals surface area contributed by atoms with Gasteiger partial charge in [0, 0.05) is 5.69 Å². The van der Waals surface area contributed by atoms with E-state index in [9.17, 15) is 22.8 Å². The molecule has 1 amide bonds. The molecule has 0 aliphatic rings. The molecule has 2 aromatic heterocycles. The van der Waals surface area contributed by atoms with Gasteiger partial charge in [0.2, 0.25) is 5.91 Å². The van der Waals surface area contributed by atoms with Gasteiger partial charge in [-0.15, -0.1) is 13.2 Å². The van der Waals surface area contributed by atoms with Crippen molar-refractivity contribution in [3.05, 3.63) is 76.5 Å². The number of fused-ring (bicyclic) bond motifs is 1. The number of anilines is 1.